The van der Waals surface area contributed by atoms with E-state index >= 15 is 0 Å². The van der Waals surface area contributed by atoms with Crippen molar-refractivity contribution in [2.24, 2.45) is 0 Å². The Hall–Kier alpha value is -1.77. The molecule has 0 amide bonds. The first-order valence-corrected chi connectivity index (χ1v) is 6.70. The van der Waals surface area contributed by atoms with Crippen LogP contribution in [0.2, 0.25) is 0 Å². The Balaban J connectivity index is 2.42. The van der Waals surface area contributed by atoms with E-state index in [0.29, 0.717) is 5.92 Å². The van der Waals surface area contributed by atoms with E-state index < -0.39 is 11.7 Å². The van der Waals surface area contributed by atoms with Crippen molar-refractivity contribution in [2.45, 2.75) is 32.4 Å². The van der Waals surface area contributed by atoms with Gasteiger partial charge in [0.1, 0.15) is 0 Å². The molecule has 0 saturated heterocycles. The number of hydrogen-bond acceptors (Lipinski definition) is 0. The SMILES string of the molecule is CCC(C)c1ccccc1-c1ccc(C(F)(F)F)cc1. The molecule has 3 heteroatoms. The largest absolute Gasteiger partial charge is 0.416 e. The lowest BCUT2D eigenvalue weighted by atomic mass is 9.90. The van der Waals surface area contributed by atoms with Gasteiger partial charge in [-0.25, -0.2) is 0 Å². The molecule has 0 nitrogen and oxygen atoms in total. The van der Waals surface area contributed by atoms with Gasteiger partial charge in [-0.15, -0.1) is 0 Å². The molecule has 0 aromatic heterocycles. The van der Waals surface area contributed by atoms with Crippen molar-refractivity contribution >= 4 is 0 Å². The van der Waals surface area contributed by atoms with Gasteiger partial charge in [0.05, 0.1) is 5.56 Å². The first kappa shape index (κ1) is 14.6. The fourth-order valence-electron chi connectivity index (χ4n) is 2.25. The second kappa shape index (κ2) is 5.70. The van der Waals surface area contributed by atoms with E-state index in [1.54, 1.807) is 12.1 Å². The Bertz CT molecular complexity index is 568. The van der Waals surface area contributed by atoms with E-state index in [2.05, 4.69) is 13.8 Å². The molecular weight excluding hydrogens is 261 g/mol. The monoisotopic (exact) mass is 278 g/mol. The fraction of sp³-hybridized carbons (Fsp3) is 0.294. The summed E-state index contributed by atoms with van der Waals surface area (Å²) in [5.74, 6) is 0.383. The molecule has 0 N–H and O–H groups in total. The predicted octanol–water partition coefficient (Wildman–Crippen LogP) is 5.89. The van der Waals surface area contributed by atoms with Gasteiger partial charge in [-0.2, -0.15) is 13.2 Å². The number of halogens is 3. The van der Waals surface area contributed by atoms with Crippen LogP contribution in [0.5, 0.6) is 0 Å². The van der Waals surface area contributed by atoms with Gasteiger partial charge in [-0.3, -0.25) is 0 Å². The quantitative estimate of drug-likeness (QED) is 0.657. The summed E-state index contributed by atoms with van der Waals surface area (Å²) in [6.45, 7) is 4.23. The minimum atomic E-state index is -4.28. The van der Waals surface area contributed by atoms with Gasteiger partial charge in [0.2, 0.25) is 0 Å². The number of rotatable bonds is 3. The van der Waals surface area contributed by atoms with Crippen LogP contribution in [0.4, 0.5) is 13.2 Å². The van der Waals surface area contributed by atoms with Crippen molar-refractivity contribution in [2.75, 3.05) is 0 Å². The van der Waals surface area contributed by atoms with E-state index in [0.717, 1.165) is 29.7 Å². The Morgan fingerprint density at radius 2 is 1.55 bits per heavy atom. The van der Waals surface area contributed by atoms with Crippen molar-refractivity contribution in [3.63, 3.8) is 0 Å². The van der Waals surface area contributed by atoms with Crippen molar-refractivity contribution in [1.29, 1.82) is 0 Å². The van der Waals surface area contributed by atoms with Crippen LogP contribution in [-0.4, -0.2) is 0 Å². The average molecular weight is 278 g/mol. The second-order valence-electron chi connectivity index (χ2n) is 4.97. The van der Waals surface area contributed by atoms with Crippen molar-refractivity contribution in [3.05, 3.63) is 59.7 Å². The van der Waals surface area contributed by atoms with Gasteiger partial charge in [0.15, 0.2) is 0 Å². The lowest BCUT2D eigenvalue weighted by molar-refractivity contribution is -0.137. The third kappa shape index (κ3) is 3.03. The summed E-state index contributed by atoms with van der Waals surface area (Å²) in [5, 5.41) is 0. The maximum atomic E-state index is 12.6. The Labute approximate surface area is 117 Å². The summed E-state index contributed by atoms with van der Waals surface area (Å²) < 4.78 is 37.8. The third-order valence-electron chi connectivity index (χ3n) is 3.63. The summed E-state index contributed by atoms with van der Waals surface area (Å²) in [7, 11) is 0. The predicted molar refractivity (Wildman–Crippen MR) is 75.6 cm³/mol. The average Bonchev–Trinajstić information content (AvgIpc) is 2.45. The molecule has 20 heavy (non-hydrogen) atoms. The topological polar surface area (TPSA) is 0 Å². The van der Waals surface area contributed by atoms with Crippen LogP contribution < -0.4 is 0 Å². The molecular formula is C17H17F3. The molecule has 0 aliphatic heterocycles. The maximum Gasteiger partial charge on any atom is 0.416 e. The van der Waals surface area contributed by atoms with Gasteiger partial charge in [0.25, 0.3) is 0 Å². The molecule has 0 radical (unpaired) electrons. The summed E-state index contributed by atoms with van der Waals surface area (Å²) in [6.07, 6.45) is -3.29. The molecule has 2 aromatic rings. The highest BCUT2D eigenvalue weighted by Gasteiger charge is 2.30. The van der Waals surface area contributed by atoms with Crippen LogP contribution in [0.15, 0.2) is 48.5 Å². The molecule has 0 saturated carbocycles. The number of alkyl halides is 3. The first-order chi connectivity index (χ1) is 9.43. The van der Waals surface area contributed by atoms with E-state index in [4.69, 9.17) is 0 Å². The van der Waals surface area contributed by atoms with Gasteiger partial charge < -0.3 is 0 Å². The van der Waals surface area contributed by atoms with Gasteiger partial charge in [-0.05, 0) is 41.2 Å². The van der Waals surface area contributed by atoms with Crippen LogP contribution in [0.3, 0.4) is 0 Å². The molecule has 106 valence electrons. The van der Waals surface area contributed by atoms with Crippen LogP contribution >= 0.6 is 0 Å². The molecule has 2 rings (SSSR count). The van der Waals surface area contributed by atoms with Gasteiger partial charge in [0, 0.05) is 0 Å². The van der Waals surface area contributed by atoms with Gasteiger partial charge >= 0.3 is 6.18 Å². The zero-order valence-electron chi connectivity index (χ0n) is 11.5. The van der Waals surface area contributed by atoms with E-state index in [1.165, 1.54) is 5.56 Å². The minimum absolute atomic E-state index is 0.383. The molecule has 2 aromatic carbocycles. The van der Waals surface area contributed by atoms with Crippen LogP contribution in [0, 0.1) is 0 Å². The summed E-state index contributed by atoms with van der Waals surface area (Å²) in [5.41, 5.74) is 2.40. The standard InChI is InChI=1S/C17H17F3/c1-3-12(2)15-6-4-5-7-16(15)13-8-10-14(11-9-13)17(18,19)20/h4-12H,3H2,1-2H3. The highest BCUT2D eigenvalue weighted by atomic mass is 19.4. The molecule has 0 bridgehead atoms. The number of hydrogen-bond donors (Lipinski definition) is 0. The van der Waals surface area contributed by atoms with Crippen LogP contribution in [-0.2, 0) is 6.18 Å². The Morgan fingerprint density at radius 3 is 2.10 bits per heavy atom. The molecule has 0 fully saturated rings. The van der Waals surface area contributed by atoms with Crippen molar-refractivity contribution < 1.29 is 13.2 Å². The Kier molecular flexibility index (Phi) is 4.17. The van der Waals surface area contributed by atoms with Crippen molar-refractivity contribution in [3.8, 4) is 11.1 Å². The van der Waals surface area contributed by atoms with E-state index in [-0.39, 0.29) is 0 Å². The maximum absolute atomic E-state index is 12.6. The zero-order chi connectivity index (χ0) is 14.8. The van der Waals surface area contributed by atoms with Gasteiger partial charge in [-0.1, -0.05) is 50.2 Å². The molecule has 0 heterocycles. The lowest BCUT2D eigenvalue weighted by Gasteiger charge is -2.15. The molecule has 0 spiro atoms. The molecule has 0 aliphatic rings. The van der Waals surface area contributed by atoms with Crippen LogP contribution in [0.25, 0.3) is 11.1 Å². The fourth-order valence-corrected chi connectivity index (χ4v) is 2.25. The number of benzene rings is 2. The molecule has 0 aliphatic carbocycles. The van der Waals surface area contributed by atoms with E-state index in [1.807, 2.05) is 24.3 Å². The lowest BCUT2D eigenvalue weighted by Crippen LogP contribution is -2.04. The minimum Gasteiger partial charge on any atom is -0.166 e. The zero-order valence-corrected chi connectivity index (χ0v) is 11.5. The molecule has 1 atom stereocenters. The normalized spacial score (nSPS) is 13.2. The highest BCUT2D eigenvalue weighted by molar-refractivity contribution is 5.68. The summed E-state index contributed by atoms with van der Waals surface area (Å²) >= 11 is 0. The second-order valence-corrected chi connectivity index (χ2v) is 4.97. The van der Waals surface area contributed by atoms with E-state index in [9.17, 15) is 13.2 Å². The molecule has 1 unspecified atom stereocenters. The smallest absolute Gasteiger partial charge is 0.166 e. The Morgan fingerprint density at radius 1 is 0.950 bits per heavy atom. The van der Waals surface area contributed by atoms with Crippen LogP contribution in [0.1, 0.15) is 37.3 Å². The highest BCUT2D eigenvalue weighted by Crippen LogP contribution is 2.34. The summed E-state index contributed by atoms with van der Waals surface area (Å²) in [4.78, 5) is 0. The summed E-state index contributed by atoms with van der Waals surface area (Å²) in [6, 6.07) is 13.3. The van der Waals surface area contributed by atoms with Crippen molar-refractivity contribution in [1.82, 2.24) is 0 Å². The third-order valence-corrected chi connectivity index (χ3v) is 3.63. The first-order valence-electron chi connectivity index (χ1n) is 6.70.